The van der Waals surface area contributed by atoms with Gasteiger partial charge in [0.25, 0.3) is 0 Å². The zero-order valence-electron chi connectivity index (χ0n) is 26.1. The number of hydrogen-bond donors (Lipinski definition) is 0. The van der Waals surface area contributed by atoms with Crippen molar-refractivity contribution in [1.82, 2.24) is 0 Å². The molecule has 220 valence electrons. The molecular formula is C28H44B3FO8. The molecule has 0 aromatic heterocycles. The van der Waals surface area contributed by atoms with Crippen LogP contribution in [0.1, 0.15) is 106 Å². The van der Waals surface area contributed by atoms with Crippen LogP contribution in [-0.4, -0.2) is 66.8 Å². The second-order valence-corrected chi connectivity index (χ2v) is 14.1. The van der Waals surface area contributed by atoms with Crippen molar-refractivity contribution in [1.29, 1.82) is 0 Å². The van der Waals surface area contributed by atoms with Crippen molar-refractivity contribution in [2.24, 2.45) is 0 Å². The predicted octanol–water partition coefficient (Wildman–Crippen LogP) is 4.69. The molecule has 12 heteroatoms. The fourth-order valence-electron chi connectivity index (χ4n) is 4.94. The van der Waals surface area contributed by atoms with Crippen LogP contribution in [0.2, 0.25) is 0 Å². The minimum Gasteiger partial charge on any atom is -0.459 e. The fraction of sp³-hybridized carbons (Fsp3) is 0.750. The normalized spacial score (nSPS) is 28.7. The number of esters is 1. The number of carbonyl (C=O) groups excluding carboxylic acids is 1. The fourth-order valence-corrected chi connectivity index (χ4v) is 4.94. The summed E-state index contributed by atoms with van der Waals surface area (Å²) in [6.07, 6.45) is 0.597. The van der Waals surface area contributed by atoms with Crippen LogP contribution < -0.4 is 5.46 Å². The van der Waals surface area contributed by atoms with E-state index in [0.717, 1.165) is 6.07 Å². The Morgan fingerprint density at radius 1 is 0.750 bits per heavy atom. The van der Waals surface area contributed by atoms with E-state index in [9.17, 15) is 9.18 Å². The average molecular weight is 560 g/mol. The standard InChI is InChI=1S/C28H44B3FO8/c1-18(13-14-28(12)27(10,11)39-31(40-28)30-37-25(6,7)26(8,9)38-30)34-22(33)19-15-20(17-21(32)16-19)29-35-23(2,3)24(4,5)36-29/h15-18H,13-14H2,1-12H3/t18-,28?/m1/s1. The Bertz CT molecular complexity index is 1110. The van der Waals surface area contributed by atoms with Gasteiger partial charge in [-0.05, 0) is 120 Å². The number of ether oxygens (including phenoxy) is 1. The zero-order valence-corrected chi connectivity index (χ0v) is 26.1. The number of rotatable bonds is 7. The van der Waals surface area contributed by atoms with Crippen LogP contribution >= 0.6 is 0 Å². The van der Waals surface area contributed by atoms with E-state index in [-0.39, 0.29) is 5.56 Å². The van der Waals surface area contributed by atoms with Crippen molar-refractivity contribution in [3.63, 3.8) is 0 Å². The quantitative estimate of drug-likeness (QED) is 0.351. The summed E-state index contributed by atoms with van der Waals surface area (Å²) < 4.78 is 57.3. The molecule has 4 rings (SSSR count). The van der Waals surface area contributed by atoms with Crippen molar-refractivity contribution in [2.45, 2.75) is 136 Å². The van der Waals surface area contributed by atoms with E-state index in [2.05, 4.69) is 0 Å². The molecule has 0 aliphatic carbocycles. The molecule has 1 aromatic carbocycles. The summed E-state index contributed by atoms with van der Waals surface area (Å²) in [6, 6.07) is 4.05. The Hall–Kier alpha value is -1.43. The van der Waals surface area contributed by atoms with Gasteiger partial charge in [0.1, 0.15) is 5.82 Å². The highest BCUT2D eigenvalue weighted by molar-refractivity contribution is 7.11. The van der Waals surface area contributed by atoms with Gasteiger partial charge in [-0.1, -0.05) is 0 Å². The van der Waals surface area contributed by atoms with Gasteiger partial charge in [0.05, 0.1) is 45.3 Å². The Balaban J connectivity index is 1.38. The summed E-state index contributed by atoms with van der Waals surface area (Å²) in [5.41, 5.74) is -2.99. The smallest absolute Gasteiger partial charge is 0.459 e. The molecule has 3 aliphatic heterocycles. The van der Waals surface area contributed by atoms with Crippen LogP contribution in [0.4, 0.5) is 4.39 Å². The number of carbonyl (C=O) groups is 1. The van der Waals surface area contributed by atoms with Gasteiger partial charge in [-0.2, -0.15) is 0 Å². The first-order valence-corrected chi connectivity index (χ1v) is 14.2. The number of benzene rings is 1. The Kier molecular flexibility index (Phi) is 7.95. The first-order valence-electron chi connectivity index (χ1n) is 14.2. The van der Waals surface area contributed by atoms with Gasteiger partial charge in [0.15, 0.2) is 0 Å². The maximum Gasteiger partial charge on any atom is 0.494 e. The summed E-state index contributed by atoms with van der Waals surface area (Å²) in [5, 5.41) is 0. The summed E-state index contributed by atoms with van der Waals surface area (Å²) in [5.74, 6) is -1.18. The van der Waals surface area contributed by atoms with Crippen LogP contribution in [0.5, 0.6) is 0 Å². The van der Waals surface area contributed by atoms with E-state index < -0.39 is 72.6 Å². The van der Waals surface area contributed by atoms with Crippen molar-refractivity contribution in [3.8, 4) is 0 Å². The molecule has 1 unspecified atom stereocenters. The van der Waals surface area contributed by atoms with Crippen molar-refractivity contribution in [3.05, 3.63) is 29.6 Å². The lowest BCUT2D eigenvalue weighted by atomic mass is 9.49. The first-order chi connectivity index (χ1) is 18.1. The van der Waals surface area contributed by atoms with Gasteiger partial charge in [0, 0.05) is 0 Å². The second kappa shape index (κ2) is 10.1. The minimum absolute atomic E-state index is 0.101. The van der Waals surface area contributed by atoms with E-state index in [1.54, 1.807) is 6.07 Å². The molecule has 0 radical (unpaired) electrons. The topological polar surface area (TPSA) is 81.7 Å². The van der Waals surface area contributed by atoms with Crippen molar-refractivity contribution < 1.29 is 41.8 Å². The van der Waals surface area contributed by atoms with Gasteiger partial charge >= 0.3 is 27.1 Å². The second-order valence-electron chi connectivity index (χ2n) is 14.1. The zero-order chi connectivity index (χ0) is 30.1. The molecule has 40 heavy (non-hydrogen) atoms. The van der Waals surface area contributed by atoms with E-state index in [1.165, 1.54) is 6.07 Å². The minimum atomic E-state index is -0.789. The molecule has 8 nitrogen and oxygen atoms in total. The maximum absolute atomic E-state index is 14.5. The highest BCUT2D eigenvalue weighted by Gasteiger charge is 2.64. The molecule has 0 N–H and O–H groups in total. The van der Waals surface area contributed by atoms with Gasteiger partial charge in [0.2, 0.25) is 0 Å². The van der Waals surface area contributed by atoms with Crippen LogP contribution in [0, 0.1) is 5.82 Å². The lowest BCUT2D eigenvalue weighted by Crippen LogP contribution is -2.45. The van der Waals surface area contributed by atoms with Crippen LogP contribution in [0.3, 0.4) is 0 Å². The van der Waals surface area contributed by atoms with Crippen LogP contribution in [-0.2, 0) is 32.7 Å². The molecule has 1 aromatic rings. The van der Waals surface area contributed by atoms with Gasteiger partial charge in [-0.15, -0.1) is 0 Å². The third kappa shape index (κ3) is 5.77. The van der Waals surface area contributed by atoms with E-state index in [1.807, 2.05) is 83.1 Å². The predicted molar refractivity (Wildman–Crippen MR) is 153 cm³/mol. The molecule has 3 saturated heterocycles. The average Bonchev–Trinajstić information content (AvgIpc) is 3.27. The first kappa shape index (κ1) is 31.5. The molecule has 3 aliphatic rings. The third-order valence-electron chi connectivity index (χ3n) is 9.57. The third-order valence-corrected chi connectivity index (χ3v) is 9.57. The van der Waals surface area contributed by atoms with Crippen LogP contribution in [0.25, 0.3) is 0 Å². The van der Waals surface area contributed by atoms with Crippen molar-refractivity contribution >= 4 is 32.6 Å². The molecule has 3 heterocycles. The SMILES string of the molecule is C[C@H](CCC1(C)OB(B2OC(C)(C)C(C)(C)O2)OC1(C)C)OC(=O)c1cc(F)cc(B2OC(C)(C)C(C)(C)O2)c1. The van der Waals surface area contributed by atoms with Gasteiger partial charge in [-0.25, -0.2) is 9.18 Å². The lowest BCUT2D eigenvalue weighted by Gasteiger charge is -2.37. The van der Waals surface area contributed by atoms with Crippen LogP contribution in [0.15, 0.2) is 18.2 Å². The monoisotopic (exact) mass is 560 g/mol. The molecule has 2 atom stereocenters. The van der Waals surface area contributed by atoms with E-state index in [4.69, 9.17) is 32.7 Å². The highest BCUT2D eigenvalue weighted by atomic mass is 19.1. The summed E-state index contributed by atoms with van der Waals surface area (Å²) in [6.45, 7) is 23.3. The summed E-state index contributed by atoms with van der Waals surface area (Å²) in [7, 11) is -2.14. The molecule has 3 fully saturated rings. The Morgan fingerprint density at radius 3 is 1.77 bits per heavy atom. The Morgan fingerprint density at radius 2 is 1.23 bits per heavy atom. The summed E-state index contributed by atoms with van der Waals surface area (Å²) >= 11 is 0. The molecule has 0 bridgehead atoms. The molecular weight excluding hydrogens is 516 g/mol. The van der Waals surface area contributed by atoms with Gasteiger partial charge < -0.3 is 32.7 Å². The molecule has 0 amide bonds. The molecule has 0 spiro atoms. The summed E-state index contributed by atoms with van der Waals surface area (Å²) in [4.78, 5) is 13.0. The molecule has 0 saturated carbocycles. The van der Waals surface area contributed by atoms with Crippen molar-refractivity contribution in [2.75, 3.05) is 0 Å². The lowest BCUT2D eigenvalue weighted by molar-refractivity contribution is -0.0269. The Labute approximate surface area is 239 Å². The highest BCUT2D eigenvalue weighted by Crippen LogP contribution is 2.45. The number of halogens is 1. The van der Waals surface area contributed by atoms with Gasteiger partial charge in [-0.3, -0.25) is 0 Å². The maximum atomic E-state index is 14.5. The number of hydrogen-bond acceptors (Lipinski definition) is 8. The largest absolute Gasteiger partial charge is 0.494 e. The van der Waals surface area contributed by atoms with E-state index in [0.29, 0.717) is 18.3 Å². The van der Waals surface area contributed by atoms with E-state index >= 15 is 0 Å².